The fraction of sp³-hybridized carbons (Fsp3) is 0.538. The van der Waals surface area contributed by atoms with Crippen LogP contribution in [0.2, 0.25) is 0 Å². The third kappa shape index (κ3) is 3.83. The summed E-state index contributed by atoms with van der Waals surface area (Å²) in [5, 5.41) is 12.5. The molecule has 0 aliphatic carbocycles. The zero-order chi connectivity index (χ0) is 13.9. The van der Waals surface area contributed by atoms with Crippen LogP contribution in [0.3, 0.4) is 0 Å². The van der Waals surface area contributed by atoms with Gasteiger partial charge in [-0.1, -0.05) is 20.8 Å². The van der Waals surface area contributed by atoms with Crippen LogP contribution in [0.5, 0.6) is 0 Å². The monoisotopic (exact) mass is 265 g/mol. The van der Waals surface area contributed by atoms with Crippen LogP contribution in [0, 0.1) is 11.3 Å². The van der Waals surface area contributed by atoms with Gasteiger partial charge in [0.25, 0.3) is 0 Å². The highest BCUT2D eigenvalue weighted by atomic mass is 32.1. The molecule has 0 saturated carbocycles. The Morgan fingerprint density at radius 3 is 2.56 bits per heavy atom. The third-order valence-electron chi connectivity index (χ3n) is 2.30. The van der Waals surface area contributed by atoms with Gasteiger partial charge in [0, 0.05) is 4.88 Å². The van der Waals surface area contributed by atoms with E-state index in [-0.39, 0.29) is 11.3 Å². The molecule has 5 heteroatoms. The van der Waals surface area contributed by atoms with E-state index in [1.807, 2.05) is 20.2 Å². The Balaban J connectivity index is 2.93. The summed E-state index contributed by atoms with van der Waals surface area (Å²) in [6.07, 6.45) is 0. The molecule has 0 radical (unpaired) electrons. The minimum Gasteiger partial charge on any atom is -0.315 e. The van der Waals surface area contributed by atoms with Crippen molar-refractivity contribution in [2.75, 3.05) is 26.0 Å². The van der Waals surface area contributed by atoms with E-state index in [0.29, 0.717) is 17.1 Å². The third-order valence-corrected chi connectivity index (χ3v) is 3.78. The lowest BCUT2D eigenvalue weighted by atomic mass is 9.94. The first kappa shape index (κ1) is 14.7. The average Bonchev–Trinajstić information content (AvgIpc) is 2.58. The second-order valence-corrected chi connectivity index (χ2v) is 6.55. The van der Waals surface area contributed by atoms with Gasteiger partial charge in [-0.15, -0.1) is 11.3 Å². The first-order valence-corrected chi connectivity index (χ1v) is 6.54. The van der Waals surface area contributed by atoms with Crippen molar-refractivity contribution >= 4 is 22.2 Å². The number of rotatable bonds is 3. The van der Waals surface area contributed by atoms with Gasteiger partial charge in [0.1, 0.15) is 11.1 Å². The van der Waals surface area contributed by atoms with Gasteiger partial charge in [0.2, 0.25) is 5.91 Å². The molecule has 1 amide bonds. The molecule has 0 fully saturated rings. The van der Waals surface area contributed by atoms with Crippen molar-refractivity contribution in [2.24, 2.45) is 0 Å². The molecule has 0 aliphatic heterocycles. The zero-order valence-corrected chi connectivity index (χ0v) is 12.3. The molecule has 1 heterocycles. The number of thiophene rings is 1. The lowest BCUT2D eigenvalue weighted by Gasteiger charge is -2.15. The Labute approximate surface area is 112 Å². The first-order valence-electron chi connectivity index (χ1n) is 5.73. The molecule has 0 atom stereocenters. The number of nitrogens with one attached hydrogen (secondary N) is 1. The Bertz CT molecular complexity index is 477. The largest absolute Gasteiger partial charge is 0.315 e. The summed E-state index contributed by atoms with van der Waals surface area (Å²) >= 11 is 1.47. The van der Waals surface area contributed by atoms with Gasteiger partial charge in [-0.2, -0.15) is 5.26 Å². The number of anilines is 1. The molecule has 0 saturated heterocycles. The van der Waals surface area contributed by atoms with Crippen molar-refractivity contribution in [1.29, 1.82) is 5.26 Å². The highest BCUT2D eigenvalue weighted by Gasteiger charge is 2.20. The Morgan fingerprint density at radius 2 is 2.11 bits per heavy atom. The number of carbonyl (C=O) groups excluding carboxylic acids is 1. The van der Waals surface area contributed by atoms with Crippen molar-refractivity contribution in [3.8, 4) is 6.07 Å². The number of likely N-dealkylation sites (N-methyl/N-ethyl adjacent to an activating group) is 1. The molecule has 1 aromatic heterocycles. The van der Waals surface area contributed by atoms with Gasteiger partial charge < -0.3 is 10.2 Å². The fourth-order valence-corrected chi connectivity index (χ4v) is 2.47. The van der Waals surface area contributed by atoms with E-state index in [4.69, 9.17) is 5.26 Å². The van der Waals surface area contributed by atoms with E-state index >= 15 is 0 Å². The number of amides is 1. The van der Waals surface area contributed by atoms with Crippen molar-refractivity contribution in [2.45, 2.75) is 26.2 Å². The lowest BCUT2D eigenvalue weighted by molar-refractivity contribution is -0.116. The Kier molecular flexibility index (Phi) is 4.49. The molecule has 0 bridgehead atoms. The van der Waals surface area contributed by atoms with E-state index in [2.05, 4.69) is 32.2 Å². The second-order valence-electron chi connectivity index (χ2n) is 5.50. The molecule has 0 aliphatic rings. The van der Waals surface area contributed by atoms with Gasteiger partial charge in [0.05, 0.1) is 12.1 Å². The molecule has 98 valence electrons. The van der Waals surface area contributed by atoms with Crippen LogP contribution in [0.4, 0.5) is 5.00 Å². The minimum absolute atomic E-state index is 0.0131. The molecule has 0 unspecified atom stereocenters. The number of hydrogen-bond donors (Lipinski definition) is 1. The predicted octanol–water partition coefficient (Wildman–Crippen LogP) is 2.42. The van der Waals surface area contributed by atoms with Crippen molar-refractivity contribution in [3.63, 3.8) is 0 Å². The minimum atomic E-state index is -0.0983. The molecule has 1 N–H and O–H groups in total. The fourth-order valence-electron chi connectivity index (χ4n) is 1.39. The quantitative estimate of drug-likeness (QED) is 0.913. The summed E-state index contributed by atoms with van der Waals surface area (Å²) in [6, 6.07) is 3.99. The molecular formula is C13H19N3OS. The van der Waals surface area contributed by atoms with Crippen molar-refractivity contribution in [3.05, 3.63) is 16.5 Å². The molecule has 0 spiro atoms. The van der Waals surface area contributed by atoms with Crippen LogP contribution in [0.1, 0.15) is 31.2 Å². The summed E-state index contributed by atoms with van der Waals surface area (Å²) < 4.78 is 0. The lowest BCUT2D eigenvalue weighted by Crippen LogP contribution is -2.26. The average molecular weight is 265 g/mol. The van der Waals surface area contributed by atoms with Gasteiger partial charge in [-0.3, -0.25) is 4.79 Å². The summed E-state index contributed by atoms with van der Waals surface area (Å²) in [7, 11) is 3.67. The summed E-state index contributed by atoms with van der Waals surface area (Å²) in [5.41, 5.74) is 0.526. The number of carbonyl (C=O) groups is 1. The summed E-state index contributed by atoms with van der Waals surface area (Å²) in [5.74, 6) is -0.0983. The standard InChI is InChI=1S/C13H19N3OS/c1-13(2,3)10-6-9(7-14)12(18-10)15-11(17)8-16(4)5/h6H,8H2,1-5H3,(H,15,17). The molecule has 1 rings (SSSR count). The van der Waals surface area contributed by atoms with Gasteiger partial charge in [0.15, 0.2) is 0 Å². The highest BCUT2D eigenvalue weighted by Crippen LogP contribution is 2.35. The number of nitrogens with zero attached hydrogens (tertiary/aromatic N) is 2. The topological polar surface area (TPSA) is 56.1 Å². The maximum absolute atomic E-state index is 11.7. The van der Waals surface area contributed by atoms with Crippen LogP contribution in [0.15, 0.2) is 6.07 Å². The van der Waals surface area contributed by atoms with E-state index < -0.39 is 0 Å². The van der Waals surface area contributed by atoms with Crippen molar-refractivity contribution in [1.82, 2.24) is 4.90 Å². The van der Waals surface area contributed by atoms with E-state index in [1.165, 1.54) is 11.3 Å². The van der Waals surface area contributed by atoms with Crippen LogP contribution in [0.25, 0.3) is 0 Å². The molecule has 4 nitrogen and oxygen atoms in total. The first-order chi connectivity index (χ1) is 8.24. The van der Waals surface area contributed by atoms with Gasteiger partial charge in [-0.25, -0.2) is 0 Å². The Morgan fingerprint density at radius 1 is 1.50 bits per heavy atom. The molecule has 18 heavy (non-hydrogen) atoms. The van der Waals surface area contributed by atoms with Crippen molar-refractivity contribution < 1.29 is 4.79 Å². The molecular weight excluding hydrogens is 246 g/mol. The number of hydrogen-bond acceptors (Lipinski definition) is 4. The smallest absolute Gasteiger partial charge is 0.239 e. The highest BCUT2D eigenvalue weighted by molar-refractivity contribution is 7.16. The van der Waals surface area contributed by atoms with E-state index in [0.717, 1.165) is 4.88 Å². The second kappa shape index (κ2) is 5.51. The maximum Gasteiger partial charge on any atom is 0.239 e. The van der Waals surface area contributed by atoms with Crippen LogP contribution in [-0.2, 0) is 10.2 Å². The van der Waals surface area contributed by atoms with Gasteiger partial charge in [-0.05, 0) is 25.6 Å². The van der Waals surface area contributed by atoms with Crippen LogP contribution >= 0.6 is 11.3 Å². The Hall–Kier alpha value is -1.38. The number of nitriles is 1. The summed E-state index contributed by atoms with van der Waals surface area (Å²) in [6.45, 7) is 6.58. The van der Waals surface area contributed by atoms with Gasteiger partial charge >= 0.3 is 0 Å². The summed E-state index contributed by atoms with van der Waals surface area (Å²) in [4.78, 5) is 14.6. The molecule has 1 aromatic rings. The van der Waals surface area contributed by atoms with Crippen LogP contribution in [-0.4, -0.2) is 31.4 Å². The maximum atomic E-state index is 11.7. The predicted molar refractivity (Wildman–Crippen MR) is 74.9 cm³/mol. The van der Waals surface area contributed by atoms with Crippen LogP contribution < -0.4 is 5.32 Å². The van der Waals surface area contributed by atoms with E-state index in [9.17, 15) is 4.79 Å². The SMILES string of the molecule is CN(C)CC(=O)Nc1sc(C(C)(C)C)cc1C#N. The van der Waals surface area contributed by atoms with E-state index in [1.54, 1.807) is 4.90 Å². The zero-order valence-electron chi connectivity index (χ0n) is 11.5. The normalized spacial score (nSPS) is 11.4. The molecule has 0 aromatic carbocycles.